The first-order valence-electron chi connectivity index (χ1n) is 8.41. The van der Waals surface area contributed by atoms with Gasteiger partial charge in [-0.1, -0.05) is 35.9 Å². The Morgan fingerprint density at radius 3 is 2.42 bits per heavy atom. The molecule has 2 N–H and O–H groups in total. The Bertz CT molecular complexity index is 587. The maximum atomic E-state index is 11.8. The molecule has 130 valence electrons. The van der Waals surface area contributed by atoms with E-state index in [2.05, 4.69) is 53.3 Å². The van der Waals surface area contributed by atoms with Crippen LogP contribution in [0.15, 0.2) is 36.9 Å². The fourth-order valence-electron chi connectivity index (χ4n) is 3.23. The van der Waals surface area contributed by atoms with Gasteiger partial charge in [0.1, 0.15) is 0 Å². The van der Waals surface area contributed by atoms with Crippen LogP contribution in [0.1, 0.15) is 30.9 Å². The highest BCUT2D eigenvalue weighted by Crippen LogP contribution is 2.33. The number of hydrogen-bond donors (Lipinski definition) is 2. The van der Waals surface area contributed by atoms with Gasteiger partial charge in [0.2, 0.25) is 11.8 Å². The number of aryl methyl sites for hydroxylation is 1. The van der Waals surface area contributed by atoms with Crippen LogP contribution in [0.2, 0.25) is 0 Å². The third-order valence-corrected chi connectivity index (χ3v) is 4.54. The summed E-state index contributed by atoms with van der Waals surface area (Å²) >= 11 is 0. The van der Waals surface area contributed by atoms with Crippen LogP contribution in [-0.2, 0) is 15.1 Å². The third kappa shape index (κ3) is 4.68. The summed E-state index contributed by atoms with van der Waals surface area (Å²) in [6, 6.07) is 8.34. The molecule has 1 heterocycles. The van der Waals surface area contributed by atoms with Crippen LogP contribution in [0, 0.1) is 6.92 Å². The minimum absolute atomic E-state index is 0.0114. The molecule has 0 saturated carbocycles. The maximum Gasteiger partial charge on any atom is 0.234 e. The van der Waals surface area contributed by atoms with E-state index in [0.717, 1.165) is 31.5 Å². The SMILES string of the molecule is C=CCNC(=O)CN1CCC(NC(C)=O)(c2ccc(C)cc2)CC1. The molecule has 5 nitrogen and oxygen atoms in total. The molecule has 0 unspecified atom stereocenters. The second kappa shape index (κ2) is 8.11. The molecular weight excluding hydrogens is 302 g/mol. The van der Waals surface area contributed by atoms with Gasteiger partial charge in [0.15, 0.2) is 0 Å². The lowest BCUT2D eigenvalue weighted by Gasteiger charge is -2.42. The van der Waals surface area contributed by atoms with E-state index >= 15 is 0 Å². The Morgan fingerprint density at radius 2 is 1.88 bits per heavy atom. The monoisotopic (exact) mass is 329 g/mol. The lowest BCUT2D eigenvalue weighted by molar-refractivity contribution is -0.124. The van der Waals surface area contributed by atoms with Gasteiger partial charge in [-0.05, 0) is 25.3 Å². The molecule has 1 saturated heterocycles. The molecule has 1 aliphatic rings. The first-order chi connectivity index (χ1) is 11.4. The summed E-state index contributed by atoms with van der Waals surface area (Å²) in [4.78, 5) is 25.7. The molecule has 5 heteroatoms. The van der Waals surface area contributed by atoms with E-state index in [1.807, 2.05) is 0 Å². The lowest BCUT2D eigenvalue weighted by atomic mass is 9.80. The number of amides is 2. The van der Waals surface area contributed by atoms with E-state index in [4.69, 9.17) is 0 Å². The Hall–Kier alpha value is -2.14. The quantitative estimate of drug-likeness (QED) is 0.781. The Morgan fingerprint density at radius 1 is 1.25 bits per heavy atom. The van der Waals surface area contributed by atoms with E-state index < -0.39 is 0 Å². The molecule has 0 aliphatic carbocycles. The number of rotatable bonds is 6. The van der Waals surface area contributed by atoms with Gasteiger partial charge in [0.05, 0.1) is 12.1 Å². The molecule has 0 atom stereocenters. The van der Waals surface area contributed by atoms with Gasteiger partial charge in [-0.25, -0.2) is 0 Å². The van der Waals surface area contributed by atoms with Crippen molar-refractivity contribution in [1.82, 2.24) is 15.5 Å². The van der Waals surface area contributed by atoms with Crippen molar-refractivity contribution in [2.75, 3.05) is 26.2 Å². The van der Waals surface area contributed by atoms with E-state index in [9.17, 15) is 9.59 Å². The minimum atomic E-state index is -0.340. The van der Waals surface area contributed by atoms with Crippen LogP contribution < -0.4 is 10.6 Å². The van der Waals surface area contributed by atoms with Crippen molar-refractivity contribution in [1.29, 1.82) is 0 Å². The number of likely N-dealkylation sites (tertiary alicyclic amines) is 1. The zero-order chi connectivity index (χ0) is 17.6. The molecule has 1 aromatic rings. The third-order valence-electron chi connectivity index (χ3n) is 4.54. The van der Waals surface area contributed by atoms with Crippen molar-refractivity contribution in [3.63, 3.8) is 0 Å². The van der Waals surface area contributed by atoms with Gasteiger partial charge in [-0.3, -0.25) is 14.5 Å². The van der Waals surface area contributed by atoms with E-state index in [-0.39, 0.29) is 17.4 Å². The predicted octanol–water partition coefficient (Wildman–Crippen LogP) is 1.72. The second-order valence-electron chi connectivity index (χ2n) is 6.50. The van der Waals surface area contributed by atoms with Crippen LogP contribution in [-0.4, -0.2) is 42.9 Å². The smallest absolute Gasteiger partial charge is 0.234 e. The van der Waals surface area contributed by atoms with Crippen LogP contribution in [0.4, 0.5) is 0 Å². The van der Waals surface area contributed by atoms with Gasteiger partial charge < -0.3 is 10.6 Å². The first kappa shape index (κ1) is 18.2. The summed E-state index contributed by atoms with van der Waals surface area (Å²) < 4.78 is 0. The van der Waals surface area contributed by atoms with Crippen molar-refractivity contribution < 1.29 is 9.59 Å². The van der Waals surface area contributed by atoms with Gasteiger partial charge in [-0.15, -0.1) is 6.58 Å². The fraction of sp³-hybridized carbons (Fsp3) is 0.474. The summed E-state index contributed by atoms with van der Waals surface area (Å²) in [6.45, 7) is 9.64. The Labute approximate surface area is 144 Å². The molecule has 0 bridgehead atoms. The standard InChI is InChI=1S/C19H27N3O2/c1-4-11-20-18(24)14-22-12-9-19(10-13-22,21-16(3)23)17-7-5-15(2)6-8-17/h4-8H,1,9-14H2,2-3H3,(H,20,24)(H,21,23). The number of hydrogen-bond acceptors (Lipinski definition) is 3. The number of carbonyl (C=O) groups is 2. The topological polar surface area (TPSA) is 61.4 Å². The van der Waals surface area contributed by atoms with Gasteiger partial charge in [0, 0.05) is 26.6 Å². The van der Waals surface area contributed by atoms with Gasteiger partial charge >= 0.3 is 0 Å². The molecule has 0 spiro atoms. The van der Waals surface area contributed by atoms with Crippen molar-refractivity contribution in [3.8, 4) is 0 Å². The summed E-state index contributed by atoms with van der Waals surface area (Å²) in [5.74, 6) is -0.00925. The Kier molecular flexibility index (Phi) is 6.15. The molecule has 0 aromatic heterocycles. The highest BCUT2D eigenvalue weighted by molar-refractivity contribution is 5.78. The Balaban J connectivity index is 2.04. The molecule has 2 amide bonds. The fourth-order valence-corrected chi connectivity index (χ4v) is 3.23. The van der Waals surface area contributed by atoms with Crippen molar-refractivity contribution in [2.24, 2.45) is 0 Å². The number of nitrogens with one attached hydrogen (secondary N) is 2. The zero-order valence-electron chi connectivity index (χ0n) is 14.6. The van der Waals surface area contributed by atoms with Crippen LogP contribution >= 0.6 is 0 Å². The number of carbonyl (C=O) groups excluding carboxylic acids is 2. The van der Waals surface area contributed by atoms with Crippen LogP contribution in [0.25, 0.3) is 0 Å². The van der Waals surface area contributed by atoms with E-state index in [0.29, 0.717) is 13.1 Å². The average Bonchev–Trinajstić information content (AvgIpc) is 2.55. The van der Waals surface area contributed by atoms with E-state index in [1.54, 1.807) is 13.0 Å². The van der Waals surface area contributed by atoms with Crippen molar-refractivity contribution in [3.05, 3.63) is 48.0 Å². The zero-order valence-corrected chi connectivity index (χ0v) is 14.6. The first-order valence-corrected chi connectivity index (χ1v) is 8.41. The van der Waals surface area contributed by atoms with Crippen molar-refractivity contribution >= 4 is 11.8 Å². The van der Waals surface area contributed by atoms with Crippen LogP contribution in [0.5, 0.6) is 0 Å². The molecular formula is C19H27N3O2. The molecule has 1 aromatic carbocycles. The summed E-state index contributed by atoms with van der Waals surface area (Å²) in [5, 5.41) is 5.96. The summed E-state index contributed by atoms with van der Waals surface area (Å²) in [5.41, 5.74) is 2.00. The molecule has 1 fully saturated rings. The molecule has 1 aliphatic heterocycles. The number of nitrogens with zero attached hydrogens (tertiary/aromatic N) is 1. The van der Waals surface area contributed by atoms with E-state index in [1.165, 1.54) is 5.56 Å². The minimum Gasteiger partial charge on any atom is -0.352 e. The normalized spacial score (nSPS) is 17.1. The molecule has 24 heavy (non-hydrogen) atoms. The number of piperidine rings is 1. The lowest BCUT2D eigenvalue weighted by Crippen LogP contribution is -2.53. The largest absolute Gasteiger partial charge is 0.352 e. The molecule has 0 radical (unpaired) electrons. The average molecular weight is 329 g/mol. The predicted molar refractivity (Wildman–Crippen MR) is 95.6 cm³/mol. The summed E-state index contributed by atoms with van der Waals surface area (Å²) in [6.07, 6.45) is 3.27. The number of benzene rings is 1. The second-order valence-corrected chi connectivity index (χ2v) is 6.50. The maximum absolute atomic E-state index is 11.8. The highest BCUT2D eigenvalue weighted by Gasteiger charge is 2.37. The molecule has 2 rings (SSSR count). The van der Waals surface area contributed by atoms with Gasteiger partial charge in [-0.2, -0.15) is 0 Å². The summed E-state index contributed by atoms with van der Waals surface area (Å²) in [7, 11) is 0. The van der Waals surface area contributed by atoms with Crippen LogP contribution in [0.3, 0.4) is 0 Å². The highest BCUT2D eigenvalue weighted by atomic mass is 16.2. The van der Waals surface area contributed by atoms with Crippen molar-refractivity contribution in [2.45, 2.75) is 32.2 Å². The van der Waals surface area contributed by atoms with Gasteiger partial charge in [0.25, 0.3) is 0 Å².